The fourth-order valence-electron chi connectivity index (χ4n) is 4.50. The van der Waals surface area contributed by atoms with Crippen molar-refractivity contribution in [3.8, 4) is 11.1 Å². The summed E-state index contributed by atoms with van der Waals surface area (Å²) in [5, 5.41) is 2.83. The number of carbonyl (C=O) groups excluding carboxylic acids is 3. The molecule has 0 bridgehead atoms. The molecule has 0 saturated carbocycles. The predicted octanol–water partition coefficient (Wildman–Crippen LogP) is 3.20. The first-order valence-corrected chi connectivity index (χ1v) is 11.7. The van der Waals surface area contributed by atoms with E-state index in [0.717, 1.165) is 55.1 Å². The fraction of sp³-hybridized carbons (Fsp3) is 0.250. The Bertz CT molecular complexity index is 1280. The SMILES string of the molecule is O=C(COC(=O)c1ccc2c(c1)C(=O)c1ccccc1-2)NCc1ccccc1CN1CCOCC1. The van der Waals surface area contributed by atoms with Gasteiger partial charge in [0.2, 0.25) is 0 Å². The third kappa shape index (κ3) is 5.01. The highest BCUT2D eigenvalue weighted by Crippen LogP contribution is 2.36. The summed E-state index contributed by atoms with van der Waals surface area (Å²) in [5.41, 5.74) is 5.18. The lowest BCUT2D eigenvalue weighted by Gasteiger charge is -2.27. The summed E-state index contributed by atoms with van der Waals surface area (Å²) in [6.07, 6.45) is 0. The van der Waals surface area contributed by atoms with E-state index in [9.17, 15) is 14.4 Å². The van der Waals surface area contributed by atoms with Crippen LogP contribution in [-0.4, -0.2) is 55.5 Å². The lowest BCUT2D eigenvalue weighted by atomic mass is 10.0. The first-order valence-electron chi connectivity index (χ1n) is 11.7. The number of benzene rings is 3. The Morgan fingerprint density at radius 1 is 0.857 bits per heavy atom. The van der Waals surface area contributed by atoms with Gasteiger partial charge in [0.1, 0.15) is 0 Å². The smallest absolute Gasteiger partial charge is 0.338 e. The maximum atomic E-state index is 12.7. The van der Waals surface area contributed by atoms with Gasteiger partial charge in [-0.15, -0.1) is 0 Å². The maximum absolute atomic E-state index is 12.7. The quantitative estimate of drug-likeness (QED) is 0.418. The zero-order chi connectivity index (χ0) is 24.2. The average molecular weight is 471 g/mol. The summed E-state index contributed by atoms with van der Waals surface area (Å²) < 4.78 is 10.6. The highest BCUT2D eigenvalue weighted by Gasteiger charge is 2.27. The second-order valence-corrected chi connectivity index (χ2v) is 8.65. The van der Waals surface area contributed by atoms with Crippen molar-refractivity contribution in [2.24, 2.45) is 0 Å². The van der Waals surface area contributed by atoms with E-state index < -0.39 is 12.6 Å². The van der Waals surface area contributed by atoms with Crippen molar-refractivity contribution in [1.82, 2.24) is 10.2 Å². The topological polar surface area (TPSA) is 84.9 Å². The van der Waals surface area contributed by atoms with Gasteiger partial charge in [-0.25, -0.2) is 4.79 Å². The van der Waals surface area contributed by atoms with Crippen LogP contribution in [0.25, 0.3) is 11.1 Å². The Hall–Kier alpha value is -3.81. The number of ether oxygens (including phenoxy) is 2. The van der Waals surface area contributed by atoms with E-state index in [4.69, 9.17) is 9.47 Å². The summed E-state index contributed by atoms with van der Waals surface area (Å²) in [4.78, 5) is 39.9. The number of nitrogens with zero attached hydrogens (tertiary/aromatic N) is 1. The van der Waals surface area contributed by atoms with Gasteiger partial charge in [-0.2, -0.15) is 0 Å². The van der Waals surface area contributed by atoms with Gasteiger partial charge in [0, 0.05) is 37.3 Å². The second-order valence-electron chi connectivity index (χ2n) is 8.65. The summed E-state index contributed by atoms with van der Waals surface area (Å²) in [6.45, 7) is 3.99. The highest BCUT2D eigenvalue weighted by molar-refractivity contribution is 6.22. The molecule has 0 radical (unpaired) electrons. The van der Waals surface area contributed by atoms with Crippen molar-refractivity contribution in [3.63, 3.8) is 0 Å². The summed E-state index contributed by atoms with van der Waals surface area (Å²) in [6, 6.07) is 20.3. The number of nitrogens with one attached hydrogen (secondary N) is 1. The van der Waals surface area contributed by atoms with Gasteiger partial charge in [-0.05, 0) is 34.4 Å². The van der Waals surface area contributed by atoms with Gasteiger partial charge in [-0.3, -0.25) is 14.5 Å². The molecule has 0 atom stereocenters. The van der Waals surface area contributed by atoms with Crippen LogP contribution >= 0.6 is 0 Å². The van der Waals surface area contributed by atoms with E-state index in [1.54, 1.807) is 24.3 Å². The lowest BCUT2D eigenvalue weighted by molar-refractivity contribution is -0.124. The number of hydrogen-bond donors (Lipinski definition) is 1. The molecule has 3 aromatic carbocycles. The molecule has 35 heavy (non-hydrogen) atoms. The first kappa shape index (κ1) is 23.0. The molecule has 1 N–H and O–H groups in total. The van der Waals surface area contributed by atoms with Crippen molar-refractivity contribution < 1.29 is 23.9 Å². The minimum Gasteiger partial charge on any atom is -0.452 e. The van der Waals surface area contributed by atoms with E-state index in [-0.39, 0.29) is 17.3 Å². The molecule has 7 heteroatoms. The molecule has 1 aliphatic heterocycles. The maximum Gasteiger partial charge on any atom is 0.338 e. The summed E-state index contributed by atoms with van der Waals surface area (Å²) in [7, 11) is 0. The number of esters is 1. The molecule has 0 spiro atoms. The minimum atomic E-state index is -0.639. The Morgan fingerprint density at radius 2 is 1.54 bits per heavy atom. The normalized spacial score (nSPS) is 14.8. The van der Waals surface area contributed by atoms with Crippen molar-refractivity contribution in [3.05, 3.63) is 94.5 Å². The van der Waals surface area contributed by atoms with Gasteiger partial charge in [0.05, 0.1) is 18.8 Å². The van der Waals surface area contributed by atoms with Gasteiger partial charge < -0.3 is 14.8 Å². The van der Waals surface area contributed by atoms with Gasteiger partial charge in [0.15, 0.2) is 12.4 Å². The Kier molecular flexibility index (Phi) is 6.70. The molecule has 0 aromatic heterocycles. The standard InChI is InChI=1S/C28H26N2O5/c31-26(29-16-20-5-1-2-6-21(20)17-30-11-13-34-14-12-30)18-35-28(33)19-9-10-23-22-7-3-4-8-24(22)27(32)25(23)15-19/h1-10,15H,11-14,16-18H2,(H,29,31). The molecule has 0 unspecified atom stereocenters. The minimum absolute atomic E-state index is 0.112. The number of hydrogen-bond acceptors (Lipinski definition) is 6. The Labute approximate surface area is 203 Å². The third-order valence-corrected chi connectivity index (χ3v) is 6.39. The van der Waals surface area contributed by atoms with Crippen LogP contribution in [0.15, 0.2) is 66.7 Å². The molecule has 2 aliphatic rings. The predicted molar refractivity (Wildman–Crippen MR) is 130 cm³/mol. The molecule has 1 fully saturated rings. The molecule has 1 saturated heterocycles. The van der Waals surface area contributed by atoms with E-state index in [0.29, 0.717) is 17.7 Å². The monoisotopic (exact) mass is 470 g/mol. The second kappa shape index (κ2) is 10.2. The van der Waals surface area contributed by atoms with Crippen LogP contribution in [0.3, 0.4) is 0 Å². The molecule has 7 nitrogen and oxygen atoms in total. The van der Waals surface area contributed by atoms with Crippen LogP contribution in [0.4, 0.5) is 0 Å². The van der Waals surface area contributed by atoms with Gasteiger partial charge in [-0.1, -0.05) is 54.6 Å². The van der Waals surface area contributed by atoms with E-state index >= 15 is 0 Å². The molecular weight excluding hydrogens is 444 g/mol. The van der Waals surface area contributed by atoms with Crippen LogP contribution in [0, 0.1) is 0 Å². The molecule has 1 amide bonds. The van der Waals surface area contributed by atoms with Crippen molar-refractivity contribution in [1.29, 1.82) is 0 Å². The Morgan fingerprint density at radius 3 is 2.34 bits per heavy atom. The molecule has 3 aromatic rings. The molecule has 1 aliphatic carbocycles. The number of amides is 1. The van der Waals surface area contributed by atoms with Crippen molar-refractivity contribution >= 4 is 17.7 Å². The van der Waals surface area contributed by atoms with E-state index in [2.05, 4.69) is 16.3 Å². The zero-order valence-electron chi connectivity index (χ0n) is 19.3. The molecule has 1 heterocycles. The average Bonchev–Trinajstić information content (AvgIpc) is 3.19. The molecule has 178 valence electrons. The van der Waals surface area contributed by atoms with Crippen LogP contribution < -0.4 is 5.32 Å². The van der Waals surface area contributed by atoms with Crippen LogP contribution in [0.5, 0.6) is 0 Å². The van der Waals surface area contributed by atoms with Crippen LogP contribution in [0.1, 0.15) is 37.4 Å². The van der Waals surface area contributed by atoms with Crippen LogP contribution in [-0.2, 0) is 27.4 Å². The number of morpholine rings is 1. The zero-order valence-corrected chi connectivity index (χ0v) is 19.3. The van der Waals surface area contributed by atoms with E-state index in [1.165, 1.54) is 0 Å². The third-order valence-electron chi connectivity index (χ3n) is 6.39. The highest BCUT2D eigenvalue weighted by atomic mass is 16.5. The van der Waals surface area contributed by atoms with Crippen molar-refractivity contribution in [2.75, 3.05) is 32.9 Å². The number of carbonyl (C=O) groups is 3. The van der Waals surface area contributed by atoms with E-state index in [1.807, 2.05) is 36.4 Å². The number of rotatable bonds is 7. The molecular formula is C28H26N2O5. The number of fused-ring (bicyclic) bond motifs is 3. The van der Waals surface area contributed by atoms with Gasteiger partial charge >= 0.3 is 5.97 Å². The summed E-state index contributed by atoms with van der Waals surface area (Å²) in [5.74, 6) is -1.14. The number of ketones is 1. The lowest BCUT2D eigenvalue weighted by Crippen LogP contribution is -2.36. The fourth-order valence-corrected chi connectivity index (χ4v) is 4.50. The first-order chi connectivity index (χ1) is 17.1. The van der Waals surface area contributed by atoms with Crippen LogP contribution in [0.2, 0.25) is 0 Å². The Balaban J connectivity index is 1.16. The summed E-state index contributed by atoms with van der Waals surface area (Å²) >= 11 is 0. The largest absolute Gasteiger partial charge is 0.452 e. The van der Waals surface area contributed by atoms with Gasteiger partial charge in [0.25, 0.3) is 5.91 Å². The van der Waals surface area contributed by atoms with Crippen molar-refractivity contribution in [2.45, 2.75) is 13.1 Å². The molecule has 5 rings (SSSR count).